The van der Waals surface area contributed by atoms with Crippen molar-refractivity contribution in [1.29, 1.82) is 0 Å². The predicted octanol–water partition coefficient (Wildman–Crippen LogP) is 4.31. The number of nitrogens with one attached hydrogen (secondary N) is 1. The minimum atomic E-state index is 0.393. The van der Waals surface area contributed by atoms with Crippen LogP contribution in [0.3, 0.4) is 0 Å². The number of hydrogen-bond acceptors (Lipinski definition) is 2. The van der Waals surface area contributed by atoms with E-state index in [-0.39, 0.29) is 0 Å². The van der Waals surface area contributed by atoms with E-state index in [1.165, 1.54) is 12.0 Å². The van der Waals surface area contributed by atoms with Gasteiger partial charge in [0.25, 0.3) is 0 Å². The van der Waals surface area contributed by atoms with E-state index in [1.54, 1.807) is 0 Å². The largest absolute Gasteiger partial charge is 0.494 e. The van der Waals surface area contributed by atoms with Gasteiger partial charge in [-0.15, -0.1) is 0 Å². The predicted molar refractivity (Wildman–Crippen MR) is 78.1 cm³/mol. The van der Waals surface area contributed by atoms with Gasteiger partial charge in [0, 0.05) is 12.1 Å². The average molecular weight is 249 g/mol. The van der Waals surface area contributed by atoms with Crippen LogP contribution in [0.4, 0.5) is 0 Å². The SMILES string of the molecule is CCCCOc1ccc([C@@H](C)N[C@H](C)CC)cc1. The van der Waals surface area contributed by atoms with Gasteiger partial charge in [0.2, 0.25) is 0 Å². The Bertz CT molecular complexity index is 320. The smallest absolute Gasteiger partial charge is 0.119 e. The molecule has 2 heteroatoms. The second-order valence-electron chi connectivity index (χ2n) is 4.97. The zero-order valence-electron chi connectivity index (χ0n) is 12.2. The molecule has 0 fully saturated rings. The van der Waals surface area contributed by atoms with Gasteiger partial charge in [0.05, 0.1) is 6.61 Å². The molecule has 2 atom stereocenters. The highest BCUT2D eigenvalue weighted by Gasteiger charge is 2.07. The Hall–Kier alpha value is -1.02. The summed E-state index contributed by atoms with van der Waals surface area (Å²) in [4.78, 5) is 0. The van der Waals surface area contributed by atoms with Crippen molar-refractivity contribution >= 4 is 0 Å². The number of benzene rings is 1. The van der Waals surface area contributed by atoms with Crippen molar-refractivity contribution in [3.05, 3.63) is 29.8 Å². The second-order valence-corrected chi connectivity index (χ2v) is 4.97. The zero-order valence-corrected chi connectivity index (χ0v) is 12.2. The quantitative estimate of drug-likeness (QED) is 0.693. The molecule has 0 aliphatic carbocycles. The Morgan fingerprint density at radius 2 is 1.78 bits per heavy atom. The van der Waals surface area contributed by atoms with Gasteiger partial charge in [0.1, 0.15) is 5.75 Å². The highest BCUT2D eigenvalue weighted by atomic mass is 16.5. The zero-order chi connectivity index (χ0) is 13.4. The maximum absolute atomic E-state index is 5.66. The molecule has 1 aromatic rings. The van der Waals surface area contributed by atoms with Crippen molar-refractivity contribution < 1.29 is 4.74 Å². The lowest BCUT2D eigenvalue weighted by Crippen LogP contribution is -2.28. The maximum atomic E-state index is 5.66. The Morgan fingerprint density at radius 1 is 1.11 bits per heavy atom. The minimum Gasteiger partial charge on any atom is -0.494 e. The molecule has 0 amide bonds. The molecular weight excluding hydrogens is 222 g/mol. The van der Waals surface area contributed by atoms with E-state index in [2.05, 4.69) is 57.3 Å². The van der Waals surface area contributed by atoms with Crippen LogP contribution in [0.1, 0.15) is 58.6 Å². The lowest BCUT2D eigenvalue weighted by molar-refractivity contribution is 0.309. The van der Waals surface area contributed by atoms with E-state index in [9.17, 15) is 0 Å². The Labute approximate surface area is 112 Å². The van der Waals surface area contributed by atoms with Gasteiger partial charge in [-0.1, -0.05) is 32.4 Å². The Morgan fingerprint density at radius 3 is 2.33 bits per heavy atom. The van der Waals surface area contributed by atoms with Crippen LogP contribution in [0.2, 0.25) is 0 Å². The fourth-order valence-electron chi connectivity index (χ4n) is 1.83. The molecule has 0 saturated heterocycles. The summed E-state index contributed by atoms with van der Waals surface area (Å²) in [5.74, 6) is 0.975. The first kappa shape index (κ1) is 15.0. The fourth-order valence-corrected chi connectivity index (χ4v) is 1.83. The topological polar surface area (TPSA) is 21.3 Å². The summed E-state index contributed by atoms with van der Waals surface area (Å²) in [7, 11) is 0. The average Bonchev–Trinajstić information content (AvgIpc) is 2.39. The van der Waals surface area contributed by atoms with Crippen molar-refractivity contribution in [2.75, 3.05) is 6.61 Å². The number of ether oxygens (including phenoxy) is 1. The lowest BCUT2D eigenvalue weighted by Gasteiger charge is -2.19. The van der Waals surface area contributed by atoms with E-state index < -0.39 is 0 Å². The molecule has 0 aliphatic rings. The molecular formula is C16H27NO. The second kappa shape index (κ2) is 8.15. The van der Waals surface area contributed by atoms with E-state index >= 15 is 0 Å². The van der Waals surface area contributed by atoms with Crippen molar-refractivity contribution in [3.63, 3.8) is 0 Å². The van der Waals surface area contributed by atoms with Crippen molar-refractivity contribution in [2.24, 2.45) is 0 Å². The molecule has 1 N–H and O–H groups in total. The molecule has 1 rings (SSSR count). The molecule has 18 heavy (non-hydrogen) atoms. The lowest BCUT2D eigenvalue weighted by atomic mass is 10.1. The number of unbranched alkanes of at least 4 members (excludes halogenated alkanes) is 1. The summed E-state index contributed by atoms with van der Waals surface area (Å²) in [5, 5.41) is 3.58. The van der Waals surface area contributed by atoms with E-state index in [4.69, 9.17) is 4.74 Å². The van der Waals surface area contributed by atoms with Crippen LogP contribution in [0, 0.1) is 0 Å². The third-order valence-corrected chi connectivity index (χ3v) is 3.29. The number of hydrogen-bond donors (Lipinski definition) is 1. The number of rotatable bonds is 8. The summed E-state index contributed by atoms with van der Waals surface area (Å²) in [5.41, 5.74) is 1.32. The van der Waals surface area contributed by atoms with Crippen LogP contribution >= 0.6 is 0 Å². The van der Waals surface area contributed by atoms with Gasteiger partial charge in [-0.25, -0.2) is 0 Å². The standard InChI is InChI=1S/C16H27NO/c1-5-7-12-18-16-10-8-15(9-11-16)14(4)17-13(3)6-2/h8-11,13-14,17H,5-7,12H2,1-4H3/t13-,14-/m1/s1. The minimum absolute atomic E-state index is 0.393. The Kier molecular flexibility index (Phi) is 6.81. The molecule has 2 nitrogen and oxygen atoms in total. The monoisotopic (exact) mass is 249 g/mol. The van der Waals surface area contributed by atoms with Crippen LogP contribution in [0.25, 0.3) is 0 Å². The first-order chi connectivity index (χ1) is 8.67. The van der Waals surface area contributed by atoms with Gasteiger partial charge < -0.3 is 10.1 Å². The van der Waals surface area contributed by atoms with Crippen molar-refractivity contribution in [3.8, 4) is 5.75 Å². The van der Waals surface area contributed by atoms with Crippen LogP contribution in [-0.4, -0.2) is 12.6 Å². The van der Waals surface area contributed by atoms with E-state index in [1.807, 2.05) is 0 Å². The molecule has 0 spiro atoms. The molecule has 0 unspecified atom stereocenters. The Balaban J connectivity index is 2.48. The summed E-state index contributed by atoms with van der Waals surface area (Å²) < 4.78 is 5.66. The fraction of sp³-hybridized carbons (Fsp3) is 0.625. The summed E-state index contributed by atoms with van der Waals surface area (Å²) in [6.07, 6.45) is 3.45. The molecule has 0 aliphatic heterocycles. The van der Waals surface area contributed by atoms with Gasteiger partial charge in [0.15, 0.2) is 0 Å². The first-order valence-electron chi connectivity index (χ1n) is 7.16. The van der Waals surface area contributed by atoms with E-state index in [0.717, 1.165) is 25.2 Å². The summed E-state index contributed by atoms with van der Waals surface area (Å²) in [6, 6.07) is 9.40. The normalized spacial score (nSPS) is 14.2. The highest BCUT2D eigenvalue weighted by Crippen LogP contribution is 2.18. The highest BCUT2D eigenvalue weighted by molar-refractivity contribution is 5.28. The summed E-state index contributed by atoms with van der Waals surface area (Å²) in [6.45, 7) is 9.62. The third-order valence-electron chi connectivity index (χ3n) is 3.29. The first-order valence-corrected chi connectivity index (χ1v) is 7.16. The molecule has 0 saturated carbocycles. The maximum Gasteiger partial charge on any atom is 0.119 e. The van der Waals surface area contributed by atoms with Crippen molar-refractivity contribution in [2.45, 2.75) is 59.0 Å². The van der Waals surface area contributed by atoms with E-state index in [0.29, 0.717) is 12.1 Å². The van der Waals surface area contributed by atoms with Crippen LogP contribution in [0.5, 0.6) is 5.75 Å². The molecule has 1 aromatic carbocycles. The van der Waals surface area contributed by atoms with Gasteiger partial charge in [-0.2, -0.15) is 0 Å². The van der Waals surface area contributed by atoms with Crippen LogP contribution in [0.15, 0.2) is 24.3 Å². The summed E-state index contributed by atoms with van der Waals surface area (Å²) >= 11 is 0. The van der Waals surface area contributed by atoms with Gasteiger partial charge >= 0.3 is 0 Å². The van der Waals surface area contributed by atoms with Crippen LogP contribution in [-0.2, 0) is 0 Å². The van der Waals surface area contributed by atoms with Crippen molar-refractivity contribution in [1.82, 2.24) is 5.32 Å². The molecule has 0 heterocycles. The third kappa shape index (κ3) is 5.09. The van der Waals surface area contributed by atoms with Crippen LogP contribution < -0.4 is 10.1 Å². The molecule has 0 aromatic heterocycles. The molecule has 102 valence electrons. The van der Waals surface area contributed by atoms with Gasteiger partial charge in [-0.3, -0.25) is 0 Å². The van der Waals surface area contributed by atoms with Gasteiger partial charge in [-0.05, 0) is 44.4 Å². The molecule has 0 bridgehead atoms. The molecule has 0 radical (unpaired) electrons.